The number of hydrogen-bond donors (Lipinski definition) is 2. The number of anilines is 1. The first-order valence-electron chi connectivity index (χ1n) is 9.04. The van der Waals surface area contributed by atoms with E-state index < -0.39 is 0 Å². The molecule has 1 amide bonds. The summed E-state index contributed by atoms with van der Waals surface area (Å²) < 4.78 is 5.15. The van der Waals surface area contributed by atoms with Crippen LogP contribution >= 0.6 is 0 Å². The van der Waals surface area contributed by atoms with E-state index in [9.17, 15) is 4.79 Å². The third-order valence-electron chi connectivity index (χ3n) is 4.35. The van der Waals surface area contributed by atoms with E-state index in [-0.39, 0.29) is 12.5 Å². The molecule has 0 aromatic heterocycles. The predicted octanol–water partition coefficient (Wildman–Crippen LogP) is 4.13. The van der Waals surface area contributed by atoms with E-state index in [4.69, 9.17) is 4.74 Å². The standard InChI is InChI=1S/C23H24N2O2/c1-27-20-13-11-18(12-14-20)15-16-24-23(26)17-25-22-10-6-5-9-21(22)19-7-3-2-4-8-19/h2-14,25H,15-17H2,1H3,(H,24,26). The van der Waals surface area contributed by atoms with Crippen LogP contribution in [-0.4, -0.2) is 26.1 Å². The van der Waals surface area contributed by atoms with E-state index in [0.717, 1.165) is 29.0 Å². The third kappa shape index (κ3) is 5.35. The second kappa shape index (κ2) is 9.43. The fraction of sp³-hybridized carbons (Fsp3) is 0.174. The normalized spacial score (nSPS) is 10.3. The topological polar surface area (TPSA) is 50.4 Å². The number of carbonyl (C=O) groups is 1. The fourth-order valence-corrected chi connectivity index (χ4v) is 2.88. The Morgan fingerprint density at radius 3 is 2.33 bits per heavy atom. The van der Waals surface area contributed by atoms with E-state index >= 15 is 0 Å². The van der Waals surface area contributed by atoms with E-state index in [1.165, 1.54) is 5.56 Å². The van der Waals surface area contributed by atoms with Crippen LogP contribution in [0.2, 0.25) is 0 Å². The molecule has 0 atom stereocenters. The Hall–Kier alpha value is -3.27. The molecule has 0 aliphatic heterocycles. The Labute approximate surface area is 160 Å². The number of rotatable bonds is 8. The monoisotopic (exact) mass is 360 g/mol. The first-order chi connectivity index (χ1) is 13.3. The van der Waals surface area contributed by atoms with Gasteiger partial charge in [0.05, 0.1) is 13.7 Å². The lowest BCUT2D eigenvalue weighted by atomic mass is 10.0. The number of benzene rings is 3. The predicted molar refractivity (Wildman–Crippen MR) is 110 cm³/mol. The molecule has 0 fully saturated rings. The van der Waals surface area contributed by atoms with E-state index in [2.05, 4.69) is 28.8 Å². The van der Waals surface area contributed by atoms with Gasteiger partial charge in [0.15, 0.2) is 0 Å². The summed E-state index contributed by atoms with van der Waals surface area (Å²) in [6.07, 6.45) is 0.788. The van der Waals surface area contributed by atoms with E-state index in [1.54, 1.807) is 7.11 Å². The van der Waals surface area contributed by atoms with Crippen molar-refractivity contribution in [3.63, 3.8) is 0 Å². The summed E-state index contributed by atoms with van der Waals surface area (Å²) in [4.78, 5) is 12.2. The molecule has 4 heteroatoms. The highest BCUT2D eigenvalue weighted by molar-refractivity contribution is 5.84. The van der Waals surface area contributed by atoms with Crippen LogP contribution in [0.5, 0.6) is 5.75 Å². The molecule has 138 valence electrons. The van der Waals surface area contributed by atoms with Crippen molar-refractivity contribution in [3.05, 3.63) is 84.4 Å². The van der Waals surface area contributed by atoms with Gasteiger partial charge >= 0.3 is 0 Å². The van der Waals surface area contributed by atoms with Gasteiger partial charge < -0.3 is 15.4 Å². The molecule has 27 heavy (non-hydrogen) atoms. The Morgan fingerprint density at radius 1 is 0.889 bits per heavy atom. The molecule has 3 aromatic rings. The SMILES string of the molecule is COc1ccc(CCNC(=O)CNc2ccccc2-c2ccccc2)cc1. The second-order valence-corrected chi connectivity index (χ2v) is 6.21. The highest BCUT2D eigenvalue weighted by Crippen LogP contribution is 2.27. The Morgan fingerprint density at radius 2 is 1.59 bits per heavy atom. The van der Waals surface area contributed by atoms with Crippen LogP contribution in [0.1, 0.15) is 5.56 Å². The van der Waals surface area contributed by atoms with Gasteiger partial charge in [-0.05, 0) is 35.7 Å². The van der Waals surface area contributed by atoms with Gasteiger partial charge in [-0.25, -0.2) is 0 Å². The van der Waals surface area contributed by atoms with Crippen LogP contribution in [0.3, 0.4) is 0 Å². The molecule has 3 aromatic carbocycles. The minimum atomic E-state index is -0.0219. The van der Waals surface area contributed by atoms with Gasteiger partial charge in [-0.1, -0.05) is 60.7 Å². The summed E-state index contributed by atoms with van der Waals surface area (Å²) in [5, 5.41) is 6.20. The molecule has 0 radical (unpaired) electrons. The van der Waals surface area contributed by atoms with Crippen molar-refractivity contribution in [1.29, 1.82) is 0 Å². The summed E-state index contributed by atoms with van der Waals surface area (Å²) in [7, 11) is 1.65. The van der Waals surface area contributed by atoms with Gasteiger partial charge in [0.2, 0.25) is 5.91 Å². The minimum Gasteiger partial charge on any atom is -0.497 e. The largest absolute Gasteiger partial charge is 0.497 e. The highest BCUT2D eigenvalue weighted by Gasteiger charge is 2.06. The molecule has 0 aliphatic carbocycles. The van der Waals surface area contributed by atoms with Crippen molar-refractivity contribution in [1.82, 2.24) is 5.32 Å². The Balaban J connectivity index is 1.49. The summed E-state index contributed by atoms with van der Waals surface area (Å²) in [6.45, 7) is 0.847. The van der Waals surface area contributed by atoms with Gasteiger partial charge in [0.25, 0.3) is 0 Å². The molecule has 2 N–H and O–H groups in total. The Bertz CT molecular complexity index is 861. The van der Waals surface area contributed by atoms with Gasteiger partial charge in [0, 0.05) is 17.8 Å². The average molecular weight is 360 g/mol. The number of amides is 1. The Kier molecular flexibility index (Phi) is 6.47. The van der Waals surface area contributed by atoms with Crippen LogP contribution < -0.4 is 15.4 Å². The van der Waals surface area contributed by atoms with Crippen LogP contribution in [0.25, 0.3) is 11.1 Å². The third-order valence-corrected chi connectivity index (χ3v) is 4.35. The van der Waals surface area contributed by atoms with Crippen LogP contribution in [0, 0.1) is 0 Å². The number of carbonyl (C=O) groups excluding carboxylic acids is 1. The summed E-state index contributed by atoms with van der Waals surface area (Å²) in [6, 6.07) is 26.1. The number of ether oxygens (including phenoxy) is 1. The smallest absolute Gasteiger partial charge is 0.239 e. The van der Waals surface area contributed by atoms with Crippen molar-refractivity contribution in [2.24, 2.45) is 0 Å². The van der Waals surface area contributed by atoms with Gasteiger partial charge in [0.1, 0.15) is 5.75 Å². The van der Waals surface area contributed by atoms with Crippen molar-refractivity contribution in [2.75, 3.05) is 25.5 Å². The van der Waals surface area contributed by atoms with E-state index in [1.807, 2.05) is 60.7 Å². The molecule has 0 heterocycles. The zero-order valence-electron chi connectivity index (χ0n) is 15.4. The molecule has 0 saturated heterocycles. The number of hydrogen-bond acceptors (Lipinski definition) is 3. The van der Waals surface area contributed by atoms with E-state index in [0.29, 0.717) is 6.54 Å². The lowest BCUT2D eigenvalue weighted by Crippen LogP contribution is -2.31. The first-order valence-corrected chi connectivity index (χ1v) is 9.04. The van der Waals surface area contributed by atoms with Gasteiger partial charge in [-0.3, -0.25) is 4.79 Å². The zero-order valence-corrected chi connectivity index (χ0v) is 15.4. The molecule has 3 rings (SSSR count). The van der Waals surface area contributed by atoms with Gasteiger partial charge in [-0.2, -0.15) is 0 Å². The second-order valence-electron chi connectivity index (χ2n) is 6.21. The molecular formula is C23H24N2O2. The lowest BCUT2D eigenvalue weighted by molar-refractivity contribution is -0.119. The molecule has 0 aliphatic rings. The van der Waals surface area contributed by atoms with Gasteiger partial charge in [-0.15, -0.1) is 0 Å². The van der Waals surface area contributed by atoms with Crippen molar-refractivity contribution >= 4 is 11.6 Å². The maximum atomic E-state index is 12.2. The lowest BCUT2D eigenvalue weighted by Gasteiger charge is -2.12. The summed E-state index contributed by atoms with van der Waals surface area (Å²) in [5.41, 5.74) is 4.33. The average Bonchev–Trinajstić information content (AvgIpc) is 2.73. The minimum absolute atomic E-state index is 0.0219. The molecule has 0 saturated carbocycles. The van der Waals surface area contributed by atoms with Crippen LogP contribution in [0.4, 0.5) is 5.69 Å². The fourth-order valence-electron chi connectivity index (χ4n) is 2.88. The molecular weight excluding hydrogens is 336 g/mol. The maximum absolute atomic E-state index is 12.2. The molecule has 0 unspecified atom stereocenters. The molecule has 0 spiro atoms. The van der Waals surface area contributed by atoms with Crippen LogP contribution in [0.15, 0.2) is 78.9 Å². The van der Waals surface area contributed by atoms with Crippen LogP contribution in [-0.2, 0) is 11.2 Å². The highest BCUT2D eigenvalue weighted by atomic mass is 16.5. The molecule has 4 nitrogen and oxygen atoms in total. The summed E-state index contributed by atoms with van der Waals surface area (Å²) >= 11 is 0. The van der Waals surface area contributed by atoms with Crippen molar-refractivity contribution in [3.8, 4) is 16.9 Å². The number of para-hydroxylation sites is 1. The zero-order chi connectivity index (χ0) is 18.9. The maximum Gasteiger partial charge on any atom is 0.239 e. The van der Waals surface area contributed by atoms with Crippen molar-refractivity contribution in [2.45, 2.75) is 6.42 Å². The summed E-state index contributed by atoms with van der Waals surface area (Å²) in [5.74, 6) is 0.815. The quantitative estimate of drug-likeness (QED) is 0.635. The number of methoxy groups -OCH3 is 1. The number of nitrogens with one attached hydrogen (secondary N) is 2. The van der Waals surface area contributed by atoms with Crippen molar-refractivity contribution < 1.29 is 9.53 Å². The molecule has 0 bridgehead atoms. The first kappa shape index (κ1) is 18.5.